The van der Waals surface area contributed by atoms with E-state index in [9.17, 15) is 8.42 Å². The van der Waals surface area contributed by atoms with E-state index < -0.39 is 9.84 Å². The summed E-state index contributed by atoms with van der Waals surface area (Å²) in [5, 5.41) is 3.39. The topological polar surface area (TPSA) is 64.6 Å². The SMILES string of the molecule is COc1ccc(CNC(C)(C)C)cc1OCCS(C)(=O)=O. The monoisotopic (exact) mass is 315 g/mol. The number of ether oxygens (including phenoxy) is 2. The normalized spacial score (nSPS) is 12.2. The Balaban J connectivity index is 2.75. The lowest BCUT2D eigenvalue weighted by molar-refractivity contribution is 0.311. The number of hydrogen-bond donors (Lipinski definition) is 1. The second-order valence-corrected chi connectivity index (χ2v) is 8.33. The molecule has 0 unspecified atom stereocenters. The summed E-state index contributed by atoms with van der Waals surface area (Å²) in [7, 11) is -1.47. The van der Waals surface area contributed by atoms with Crippen molar-refractivity contribution in [3.63, 3.8) is 0 Å². The first-order chi connectivity index (χ1) is 9.61. The molecular formula is C15H25NO4S. The van der Waals surface area contributed by atoms with Crippen molar-refractivity contribution in [3.05, 3.63) is 23.8 Å². The van der Waals surface area contributed by atoms with Gasteiger partial charge in [0.1, 0.15) is 6.61 Å². The number of methoxy groups -OCH3 is 1. The van der Waals surface area contributed by atoms with E-state index in [0.29, 0.717) is 18.0 Å². The van der Waals surface area contributed by atoms with Crippen LogP contribution in [-0.2, 0) is 16.4 Å². The van der Waals surface area contributed by atoms with Gasteiger partial charge in [-0.3, -0.25) is 0 Å². The summed E-state index contributed by atoms with van der Waals surface area (Å²) in [5.74, 6) is 1.15. The predicted molar refractivity (Wildman–Crippen MR) is 84.8 cm³/mol. The number of sulfone groups is 1. The first-order valence-corrected chi connectivity index (χ1v) is 8.89. The minimum absolute atomic E-state index is 0.0133. The molecule has 0 atom stereocenters. The van der Waals surface area contributed by atoms with Crippen LogP contribution < -0.4 is 14.8 Å². The molecule has 0 aliphatic heterocycles. The third-order valence-corrected chi connectivity index (χ3v) is 3.67. The van der Waals surface area contributed by atoms with Crippen LogP contribution in [0.4, 0.5) is 0 Å². The Morgan fingerprint density at radius 2 is 1.86 bits per heavy atom. The molecule has 0 spiro atoms. The maximum absolute atomic E-state index is 11.1. The Labute approximate surface area is 127 Å². The molecule has 0 heterocycles. The third-order valence-electron chi connectivity index (χ3n) is 2.76. The highest BCUT2D eigenvalue weighted by molar-refractivity contribution is 7.90. The molecule has 1 rings (SSSR count). The van der Waals surface area contributed by atoms with Crippen LogP contribution in [0.5, 0.6) is 11.5 Å². The minimum atomic E-state index is -3.03. The molecule has 1 N–H and O–H groups in total. The summed E-state index contributed by atoms with van der Waals surface area (Å²) < 4.78 is 33.0. The fraction of sp³-hybridized carbons (Fsp3) is 0.600. The summed E-state index contributed by atoms with van der Waals surface area (Å²) in [5.41, 5.74) is 1.08. The second-order valence-electron chi connectivity index (χ2n) is 6.07. The fourth-order valence-corrected chi connectivity index (χ4v) is 2.00. The van der Waals surface area contributed by atoms with Gasteiger partial charge in [-0.2, -0.15) is 0 Å². The molecule has 0 saturated heterocycles. The van der Waals surface area contributed by atoms with Crippen LogP contribution in [0.25, 0.3) is 0 Å². The van der Waals surface area contributed by atoms with Gasteiger partial charge in [0.25, 0.3) is 0 Å². The van der Waals surface area contributed by atoms with Crippen molar-refractivity contribution in [2.24, 2.45) is 0 Å². The van der Waals surface area contributed by atoms with Gasteiger partial charge in [0.05, 0.1) is 12.9 Å². The van der Waals surface area contributed by atoms with Gasteiger partial charge in [-0.1, -0.05) is 6.07 Å². The van der Waals surface area contributed by atoms with E-state index in [1.54, 1.807) is 7.11 Å². The van der Waals surface area contributed by atoms with Crippen molar-refractivity contribution >= 4 is 9.84 Å². The molecule has 0 saturated carbocycles. The Morgan fingerprint density at radius 3 is 2.38 bits per heavy atom. The molecule has 0 bridgehead atoms. The largest absolute Gasteiger partial charge is 0.493 e. The Kier molecular flexibility index (Phi) is 6.04. The van der Waals surface area contributed by atoms with E-state index in [-0.39, 0.29) is 17.9 Å². The van der Waals surface area contributed by atoms with Crippen molar-refractivity contribution in [1.29, 1.82) is 0 Å². The third kappa shape index (κ3) is 7.34. The lowest BCUT2D eigenvalue weighted by Gasteiger charge is -2.21. The van der Waals surface area contributed by atoms with Crippen LogP contribution in [0, 0.1) is 0 Å². The Morgan fingerprint density at radius 1 is 1.19 bits per heavy atom. The average Bonchev–Trinajstić information content (AvgIpc) is 2.34. The first-order valence-electron chi connectivity index (χ1n) is 6.83. The van der Waals surface area contributed by atoms with E-state index in [1.807, 2.05) is 18.2 Å². The van der Waals surface area contributed by atoms with E-state index in [0.717, 1.165) is 5.56 Å². The van der Waals surface area contributed by atoms with Crippen molar-refractivity contribution in [3.8, 4) is 11.5 Å². The van der Waals surface area contributed by atoms with Crippen LogP contribution in [0.2, 0.25) is 0 Å². The summed E-state index contributed by atoms with van der Waals surface area (Å²) in [6.07, 6.45) is 1.19. The quantitative estimate of drug-likeness (QED) is 0.834. The average molecular weight is 315 g/mol. The second kappa shape index (κ2) is 7.13. The zero-order valence-corrected chi connectivity index (χ0v) is 14.2. The van der Waals surface area contributed by atoms with Gasteiger partial charge in [-0.05, 0) is 38.5 Å². The molecule has 21 heavy (non-hydrogen) atoms. The van der Waals surface area contributed by atoms with Crippen molar-refractivity contribution < 1.29 is 17.9 Å². The van der Waals surface area contributed by atoms with Crippen molar-refractivity contribution in [2.75, 3.05) is 25.7 Å². The maximum atomic E-state index is 11.1. The molecule has 6 heteroatoms. The van der Waals surface area contributed by atoms with Crippen molar-refractivity contribution in [2.45, 2.75) is 32.9 Å². The van der Waals surface area contributed by atoms with E-state index in [4.69, 9.17) is 9.47 Å². The highest BCUT2D eigenvalue weighted by Crippen LogP contribution is 2.28. The molecule has 0 aliphatic carbocycles. The molecule has 1 aromatic carbocycles. The van der Waals surface area contributed by atoms with Gasteiger partial charge >= 0.3 is 0 Å². The molecule has 5 nitrogen and oxygen atoms in total. The molecule has 0 aliphatic rings. The van der Waals surface area contributed by atoms with Crippen LogP contribution >= 0.6 is 0 Å². The smallest absolute Gasteiger partial charge is 0.161 e. The minimum Gasteiger partial charge on any atom is -0.493 e. The number of rotatable bonds is 7. The summed E-state index contributed by atoms with van der Waals surface area (Å²) in [4.78, 5) is 0. The van der Waals surface area contributed by atoms with Crippen LogP contribution in [-0.4, -0.2) is 39.7 Å². The maximum Gasteiger partial charge on any atom is 0.161 e. The van der Waals surface area contributed by atoms with Gasteiger partial charge in [-0.25, -0.2) is 8.42 Å². The highest BCUT2D eigenvalue weighted by Gasteiger charge is 2.11. The molecule has 0 radical (unpaired) electrons. The number of nitrogens with one attached hydrogen (secondary N) is 1. The van der Waals surface area contributed by atoms with Gasteiger partial charge in [0, 0.05) is 18.3 Å². The van der Waals surface area contributed by atoms with Crippen LogP contribution in [0.1, 0.15) is 26.3 Å². The molecule has 0 aromatic heterocycles. The first kappa shape index (κ1) is 17.8. The number of benzene rings is 1. The Bertz CT molecular complexity index is 562. The lowest BCUT2D eigenvalue weighted by Crippen LogP contribution is -2.35. The van der Waals surface area contributed by atoms with Gasteiger partial charge in [0.2, 0.25) is 0 Å². The zero-order valence-electron chi connectivity index (χ0n) is 13.4. The number of hydrogen-bond acceptors (Lipinski definition) is 5. The van der Waals surface area contributed by atoms with Gasteiger partial charge in [-0.15, -0.1) is 0 Å². The molecule has 120 valence electrons. The zero-order chi connectivity index (χ0) is 16.1. The predicted octanol–water partition coefficient (Wildman–Crippen LogP) is 2.01. The lowest BCUT2D eigenvalue weighted by atomic mass is 10.1. The molecule has 0 amide bonds. The molecule has 0 fully saturated rings. The van der Waals surface area contributed by atoms with Crippen LogP contribution in [0.15, 0.2) is 18.2 Å². The van der Waals surface area contributed by atoms with Gasteiger partial charge in [0.15, 0.2) is 21.3 Å². The summed E-state index contributed by atoms with van der Waals surface area (Å²) in [6.45, 7) is 7.11. The Hall–Kier alpha value is -1.27. The van der Waals surface area contributed by atoms with E-state index in [1.165, 1.54) is 6.26 Å². The standard InChI is InChI=1S/C15H25NO4S/c1-15(2,3)16-11-12-6-7-13(19-4)14(10-12)20-8-9-21(5,17)18/h6-7,10,16H,8-9,11H2,1-5H3. The van der Waals surface area contributed by atoms with Crippen molar-refractivity contribution in [1.82, 2.24) is 5.32 Å². The van der Waals surface area contributed by atoms with E-state index in [2.05, 4.69) is 26.1 Å². The molecular weight excluding hydrogens is 290 g/mol. The summed E-state index contributed by atoms with van der Waals surface area (Å²) >= 11 is 0. The summed E-state index contributed by atoms with van der Waals surface area (Å²) in [6, 6.07) is 5.66. The highest BCUT2D eigenvalue weighted by atomic mass is 32.2. The van der Waals surface area contributed by atoms with Gasteiger partial charge < -0.3 is 14.8 Å². The fourth-order valence-electron chi connectivity index (χ4n) is 1.61. The molecule has 1 aromatic rings. The van der Waals surface area contributed by atoms with E-state index >= 15 is 0 Å². The van der Waals surface area contributed by atoms with Crippen LogP contribution in [0.3, 0.4) is 0 Å².